The van der Waals surface area contributed by atoms with E-state index in [0.29, 0.717) is 0 Å². The average Bonchev–Trinajstić information content (AvgIpc) is 2.59. The van der Waals surface area contributed by atoms with Crippen molar-refractivity contribution in [2.45, 2.75) is 45.1 Å². The summed E-state index contributed by atoms with van der Waals surface area (Å²) in [5, 5.41) is 17.8. The molecule has 0 spiro atoms. The van der Waals surface area contributed by atoms with Gasteiger partial charge in [-0.15, -0.1) is 0 Å². The Morgan fingerprint density at radius 3 is 2.62 bits per heavy atom. The quantitative estimate of drug-likeness (QED) is 0.647. The average molecular weight is 229 g/mol. The number of likely N-dealkylation sites (tertiary alicyclic amines) is 1. The summed E-state index contributed by atoms with van der Waals surface area (Å²) >= 11 is 0. The Bertz CT molecular complexity index is 220. The summed E-state index contributed by atoms with van der Waals surface area (Å²) in [4.78, 5) is 13.2. The highest BCUT2D eigenvalue weighted by Gasteiger charge is 2.35. The van der Waals surface area contributed by atoms with Crippen molar-refractivity contribution >= 4 is 5.97 Å². The largest absolute Gasteiger partial charge is 0.480 e. The van der Waals surface area contributed by atoms with Gasteiger partial charge in [0.2, 0.25) is 0 Å². The van der Waals surface area contributed by atoms with Crippen molar-refractivity contribution in [1.29, 1.82) is 0 Å². The fourth-order valence-electron chi connectivity index (χ4n) is 2.46. The Morgan fingerprint density at radius 1 is 1.31 bits per heavy atom. The van der Waals surface area contributed by atoms with Gasteiger partial charge in [0.05, 0.1) is 0 Å². The molecule has 1 aliphatic rings. The first kappa shape index (κ1) is 13.5. The van der Waals surface area contributed by atoms with Gasteiger partial charge in [-0.3, -0.25) is 9.69 Å². The molecule has 4 nitrogen and oxygen atoms in total. The third-order valence-electron chi connectivity index (χ3n) is 3.41. The molecule has 1 fully saturated rings. The minimum atomic E-state index is -0.680. The maximum Gasteiger partial charge on any atom is 0.321 e. The zero-order chi connectivity index (χ0) is 12.0. The van der Waals surface area contributed by atoms with Crippen LogP contribution >= 0.6 is 0 Å². The van der Waals surface area contributed by atoms with Crippen LogP contribution in [0.1, 0.15) is 39.0 Å². The molecular weight excluding hydrogens is 206 g/mol. The molecule has 16 heavy (non-hydrogen) atoms. The molecule has 1 aliphatic heterocycles. The van der Waals surface area contributed by atoms with Gasteiger partial charge in [-0.1, -0.05) is 19.8 Å². The van der Waals surface area contributed by atoms with E-state index in [4.69, 9.17) is 10.2 Å². The molecule has 0 radical (unpaired) electrons. The highest BCUT2D eigenvalue weighted by atomic mass is 16.4. The number of carbonyl (C=O) groups is 1. The Hall–Kier alpha value is -0.610. The number of carboxylic acids is 1. The van der Waals surface area contributed by atoms with Crippen LogP contribution in [0.3, 0.4) is 0 Å². The van der Waals surface area contributed by atoms with Gasteiger partial charge < -0.3 is 10.2 Å². The lowest BCUT2D eigenvalue weighted by atomic mass is 10.0. The fourth-order valence-corrected chi connectivity index (χ4v) is 2.46. The van der Waals surface area contributed by atoms with Crippen LogP contribution in [0.4, 0.5) is 0 Å². The predicted octanol–water partition coefficient (Wildman–Crippen LogP) is 1.33. The molecular formula is C12H23NO3. The Morgan fingerprint density at radius 2 is 2.00 bits per heavy atom. The van der Waals surface area contributed by atoms with Crippen LogP contribution in [-0.2, 0) is 4.79 Å². The number of hydrogen-bond donors (Lipinski definition) is 2. The number of aliphatic hydroxyl groups is 1. The first-order valence-electron chi connectivity index (χ1n) is 6.24. The number of hydrogen-bond acceptors (Lipinski definition) is 3. The molecule has 2 N–H and O–H groups in total. The zero-order valence-corrected chi connectivity index (χ0v) is 10.1. The van der Waals surface area contributed by atoms with Crippen LogP contribution in [-0.4, -0.2) is 46.8 Å². The van der Waals surface area contributed by atoms with Gasteiger partial charge in [-0.25, -0.2) is 0 Å². The van der Waals surface area contributed by atoms with Gasteiger partial charge in [0.15, 0.2) is 0 Å². The Kier molecular flexibility index (Phi) is 5.77. The van der Waals surface area contributed by atoms with Gasteiger partial charge in [0.25, 0.3) is 0 Å². The molecule has 1 heterocycles. The molecule has 0 aromatic carbocycles. The Labute approximate surface area is 97.3 Å². The van der Waals surface area contributed by atoms with Crippen LogP contribution < -0.4 is 0 Å². The summed E-state index contributed by atoms with van der Waals surface area (Å²) in [5.74, 6) is -0.407. The maximum absolute atomic E-state index is 11.1. The second-order valence-electron chi connectivity index (χ2n) is 4.72. The second-order valence-corrected chi connectivity index (χ2v) is 4.72. The van der Waals surface area contributed by atoms with E-state index < -0.39 is 5.97 Å². The molecule has 0 bridgehead atoms. The smallest absolute Gasteiger partial charge is 0.321 e. The number of carboxylic acid groups (broad SMARTS) is 1. The molecule has 94 valence electrons. The van der Waals surface area contributed by atoms with Crippen molar-refractivity contribution in [2.75, 3.05) is 19.7 Å². The minimum Gasteiger partial charge on any atom is -0.480 e. The van der Waals surface area contributed by atoms with Crippen LogP contribution in [0, 0.1) is 5.92 Å². The third kappa shape index (κ3) is 3.76. The minimum absolute atomic E-state index is 0.262. The van der Waals surface area contributed by atoms with Crippen molar-refractivity contribution in [3.8, 4) is 0 Å². The topological polar surface area (TPSA) is 60.8 Å². The van der Waals surface area contributed by atoms with Crippen molar-refractivity contribution in [3.05, 3.63) is 0 Å². The molecule has 1 rings (SSSR count). The predicted molar refractivity (Wildman–Crippen MR) is 62.3 cm³/mol. The third-order valence-corrected chi connectivity index (χ3v) is 3.41. The number of nitrogens with zero attached hydrogens (tertiary/aromatic N) is 1. The summed E-state index contributed by atoms with van der Waals surface area (Å²) < 4.78 is 0. The standard InChI is InChI=1S/C12H23NO3/c1-10-6-8-13(11(10)12(15)16)7-4-2-3-5-9-14/h10-11,14H,2-9H2,1H3,(H,15,16). The molecule has 0 aliphatic carbocycles. The van der Waals surface area contributed by atoms with E-state index in [0.717, 1.165) is 45.2 Å². The van der Waals surface area contributed by atoms with Crippen molar-refractivity contribution in [2.24, 2.45) is 5.92 Å². The SMILES string of the molecule is CC1CCN(CCCCCCO)C1C(=O)O. The summed E-state index contributed by atoms with van der Waals surface area (Å²) in [6.45, 7) is 4.08. The first-order valence-corrected chi connectivity index (χ1v) is 6.24. The molecule has 0 aromatic rings. The van der Waals surface area contributed by atoms with Crippen LogP contribution in [0.15, 0.2) is 0 Å². The number of aliphatic hydroxyl groups excluding tert-OH is 1. The van der Waals surface area contributed by atoms with Crippen LogP contribution in [0.5, 0.6) is 0 Å². The maximum atomic E-state index is 11.1. The lowest BCUT2D eigenvalue weighted by Crippen LogP contribution is -2.39. The molecule has 0 aromatic heterocycles. The van der Waals surface area contributed by atoms with E-state index in [1.165, 1.54) is 0 Å². The Balaban J connectivity index is 2.23. The number of rotatable bonds is 7. The number of unbranched alkanes of at least 4 members (excludes halogenated alkanes) is 3. The molecule has 2 unspecified atom stereocenters. The first-order chi connectivity index (χ1) is 7.66. The van der Waals surface area contributed by atoms with E-state index in [9.17, 15) is 4.79 Å². The van der Waals surface area contributed by atoms with Gasteiger partial charge in [0, 0.05) is 6.61 Å². The highest BCUT2D eigenvalue weighted by molar-refractivity contribution is 5.74. The molecule has 0 amide bonds. The lowest BCUT2D eigenvalue weighted by Gasteiger charge is -2.22. The highest BCUT2D eigenvalue weighted by Crippen LogP contribution is 2.24. The van der Waals surface area contributed by atoms with Gasteiger partial charge in [0.1, 0.15) is 6.04 Å². The van der Waals surface area contributed by atoms with E-state index in [-0.39, 0.29) is 18.6 Å². The summed E-state index contributed by atoms with van der Waals surface area (Å²) in [6, 6.07) is -0.280. The van der Waals surface area contributed by atoms with Gasteiger partial charge in [-0.05, 0) is 38.3 Å². The van der Waals surface area contributed by atoms with E-state index in [1.807, 2.05) is 6.92 Å². The van der Waals surface area contributed by atoms with E-state index in [2.05, 4.69) is 4.90 Å². The second kappa shape index (κ2) is 6.86. The van der Waals surface area contributed by atoms with Crippen LogP contribution in [0.2, 0.25) is 0 Å². The van der Waals surface area contributed by atoms with Crippen molar-refractivity contribution in [1.82, 2.24) is 4.90 Å². The number of aliphatic carboxylic acids is 1. The van der Waals surface area contributed by atoms with E-state index >= 15 is 0 Å². The van der Waals surface area contributed by atoms with Gasteiger partial charge in [-0.2, -0.15) is 0 Å². The van der Waals surface area contributed by atoms with Crippen molar-refractivity contribution in [3.63, 3.8) is 0 Å². The summed E-state index contributed by atoms with van der Waals surface area (Å²) in [5.41, 5.74) is 0. The molecule has 4 heteroatoms. The normalized spacial score (nSPS) is 26.1. The lowest BCUT2D eigenvalue weighted by molar-refractivity contribution is -0.143. The molecule has 2 atom stereocenters. The van der Waals surface area contributed by atoms with Crippen LogP contribution in [0.25, 0.3) is 0 Å². The monoisotopic (exact) mass is 229 g/mol. The van der Waals surface area contributed by atoms with Gasteiger partial charge >= 0.3 is 5.97 Å². The van der Waals surface area contributed by atoms with Crippen molar-refractivity contribution < 1.29 is 15.0 Å². The molecule has 1 saturated heterocycles. The zero-order valence-electron chi connectivity index (χ0n) is 10.1. The molecule has 0 saturated carbocycles. The summed E-state index contributed by atoms with van der Waals surface area (Å²) in [6.07, 6.45) is 5.01. The summed E-state index contributed by atoms with van der Waals surface area (Å²) in [7, 11) is 0. The van der Waals surface area contributed by atoms with E-state index in [1.54, 1.807) is 0 Å². The fraction of sp³-hybridized carbons (Fsp3) is 0.917.